The smallest absolute Gasteiger partial charge is 0.306 e. The summed E-state index contributed by atoms with van der Waals surface area (Å²) in [5.74, 6) is -2.35. The number of nitrogens with zero attached hydrogens (tertiary/aromatic N) is 1. The molecule has 2 atom stereocenters. The summed E-state index contributed by atoms with van der Waals surface area (Å²) in [6.45, 7) is 4.46. The van der Waals surface area contributed by atoms with E-state index in [0.717, 1.165) is 116 Å². The van der Waals surface area contributed by atoms with Crippen LogP contribution in [-0.2, 0) is 33.3 Å². The van der Waals surface area contributed by atoms with Crippen molar-refractivity contribution in [3.05, 3.63) is 158 Å². The van der Waals surface area contributed by atoms with Gasteiger partial charge in [-0.1, -0.05) is 281 Å². The number of likely N-dealkylation sites (N-methyl/N-ethyl adjacent to an activating group) is 1. The van der Waals surface area contributed by atoms with Crippen LogP contribution in [0.15, 0.2) is 158 Å². The van der Waals surface area contributed by atoms with Gasteiger partial charge in [-0.2, -0.15) is 0 Å². The Morgan fingerprint density at radius 3 is 0.943 bits per heavy atom. The fourth-order valence-corrected chi connectivity index (χ4v) is 9.05. The number of quaternary nitrogens is 1. The second-order valence-corrected chi connectivity index (χ2v) is 23.7. The average Bonchev–Trinajstić information content (AvgIpc) is 3.56. The summed E-state index contributed by atoms with van der Waals surface area (Å²) >= 11 is 0. The first-order valence-electron chi connectivity index (χ1n) is 34.6. The summed E-state index contributed by atoms with van der Waals surface area (Å²) in [4.78, 5) is 37.5. The Morgan fingerprint density at radius 2 is 0.621 bits per heavy atom. The molecule has 0 fully saturated rings. The standard InChI is InChI=1S/C78H127NO8/c1-6-8-10-12-14-16-18-20-22-24-26-28-30-32-34-35-36-37-38-39-40-41-43-44-46-48-50-52-54-56-58-60-62-64-66-68-75(80)85-72-74(73-86-78(77(82)83)84-71-70-79(3,4)5)87-76(81)69-67-65-63-61-59-57-55-53-51-49-47-45-42-33-31-29-27-25-23-21-19-17-15-13-11-9-7-2/h8-11,14-17,20-23,26-29,32-34,42,47,49,53,55,59,61,74,78H,6-7,12-13,18-19,24-25,30-31,35-41,43-46,48,50-52,54,56-58,60,62-73H2,1-5H3/b10-8-,11-9-,16-14-,17-15-,22-20-,23-21-,28-26-,29-27-,34-32-,42-33-,49-47-,55-53-,61-59-. The maximum absolute atomic E-state index is 12.9. The first-order chi connectivity index (χ1) is 42.6. The number of esters is 2. The van der Waals surface area contributed by atoms with Crippen molar-refractivity contribution < 1.29 is 42.9 Å². The number of allylic oxidation sites excluding steroid dienone is 26. The lowest BCUT2D eigenvalue weighted by Gasteiger charge is -2.26. The zero-order valence-electron chi connectivity index (χ0n) is 56.1. The molecule has 2 unspecified atom stereocenters. The quantitative estimate of drug-likeness (QED) is 0.0195. The van der Waals surface area contributed by atoms with Gasteiger partial charge in [0.25, 0.3) is 0 Å². The molecule has 0 bridgehead atoms. The molecule has 87 heavy (non-hydrogen) atoms. The molecule has 0 aliphatic carbocycles. The Morgan fingerprint density at radius 1 is 0.345 bits per heavy atom. The molecule has 9 heteroatoms. The second kappa shape index (κ2) is 66.9. The molecule has 0 aromatic rings. The van der Waals surface area contributed by atoms with Gasteiger partial charge in [-0.3, -0.25) is 9.59 Å². The van der Waals surface area contributed by atoms with E-state index < -0.39 is 24.3 Å². The van der Waals surface area contributed by atoms with Gasteiger partial charge in [0.15, 0.2) is 12.4 Å². The molecule has 0 aromatic heterocycles. The van der Waals surface area contributed by atoms with Crippen LogP contribution >= 0.6 is 0 Å². The highest BCUT2D eigenvalue weighted by Gasteiger charge is 2.22. The number of carboxylic acid groups (broad SMARTS) is 1. The Balaban J connectivity index is 4.19. The molecular weight excluding hydrogens is 1080 g/mol. The van der Waals surface area contributed by atoms with Crippen molar-refractivity contribution in [2.45, 2.75) is 270 Å². The monoisotopic (exact) mass is 1210 g/mol. The summed E-state index contributed by atoms with van der Waals surface area (Å²) in [6, 6.07) is 0. The molecule has 0 amide bonds. The van der Waals surface area contributed by atoms with Gasteiger partial charge in [0.05, 0.1) is 40.3 Å². The average molecular weight is 1210 g/mol. The largest absolute Gasteiger partial charge is 0.545 e. The number of rotatable bonds is 62. The van der Waals surface area contributed by atoms with E-state index in [2.05, 4.69) is 172 Å². The van der Waals surface area contributed by atoms with E-state index in [4.69, 9.17) is 18.9 Å². The molecule has 0 saturated carbocycles. The normalized spacial score (nSPS) is 13.7. The minimum absolute atomic E-state index is 0.132. The van der Waals surface area contributed by atoms with Crippen molar-refractivity contribution >= 4 is 17.9 Å². The van der Waals surface area contributed by atoms with Crippen LogP contribution in [0, 0.1) is 0 Å². The van der Waals surface area contributed by atoms with Gasteiger partial charge in [-0.15, -0.1) is 0 Å². The maximum Gasteiger partial charge on any atom is 0.306 e. The third-order valence-corrected chi connectivity index (χ3v) is 14.3. The van der Waals surface area contributed by atoms with Crippen molar-refractivity contribution in [3.8, 4) is 0 Å². The zero-order chi connectivity index (χ0) is 63.3. The molecule has 0 radical (unpaired) electrons. The van der Waals surface area contributed by atoms with Crippen molar-refractivity contribution in [2.24, 2.45) is 0 Å². The highest BCUT2D eigenvalue weighted by Crippen LogP contribution is 2.16. The summed E-state index contributed by atoms with van der Waals surface area (Å²) in [6.07, 6.45) is 96.1. The van der Waals surface area contributed by atoms with Crippen molar-refractivity contribution in [1.82, 2.24) is 0 Å². The predicted molar refractivity (Wildman–Crippen MR) is 370 cm³/mol. The molecule has 0 aliphatic rings. The minimum atomic E-state index is -1.64. The minimum Gasteiger partial charge on any atom is -0.545 e. The van der Waals surface area contributed by atoms with Gasteiger partial charge in [0.1, 0.15) is 13.2 Å². The summed E-state index contributed by atoms with van der Waals surface area (Å²) in [7, 11) is 5.91. The number of carbonyl (C=O) groups excluding carboxylic acids is 3. The van der Waals surface area contributed by atoms with Crippen LogP contribution in [-0.4, -0.2) is 82.3 Å². The Kier molecular flexibility index (Phi) is 62.9. The summed E-state index contributed by atoms with van der Waals surface area (Å²) in [5.41, 5.74) is 0. The molecule has 0 saturated heterocycles. The number of carbonyl (C=O) groups is 3. The van der Waals surface area contributed by atoms with Crippen LogP contribution < -0.4 is 5.11 Å². The van der Waals surface area contributed by atoms with E-state index in [0.29, 0.717) is 17.4 Å². The third-order valence-electron chi connectivity index (χ3n) is 14.3. The first-order valence-corrected chi connectivity index (χ1v) is 34.6. The van der Waals surface area contributed by atoms with Crippen LogP contribution in [0.5, 0.6) is 0 Å². The summed E-state index contributed by atoms with van der Waals surface area (Å²) < 4.78 is 22.7. The van der Waals surface area contributed by atoms with Gasteiger partial charge in [-0.25, -0.2) is 0 Å². The SMILES string of the molecule is CC/C=C\C/C=C\C/C=C\C/C=C\C/C=C\C/C=C\C/C=C\C/C=C\CCCCC(=O)OC(COC(=O)CCCCCCCCCCCCCCCCCCCCC/C=C\C/C=C\C/C=C\C/C=C\C/C=C\CC)COC(OCC[N+](C)(C)C)C(=O)[O-]. The Labute approximate surface area is 534 Å². The van der Waals surface area contributed by atoms with Gasteiger partial charge in [0, 0.05) is 12.8 Å². The van der Waals surface area contributed by atoms with E-state index in [1.807, 2.05) is 21.1 Å². The molecule has 0 N–H and O–H groups in total. The Bertz CT molecular complexity index is 1990. The molecule has 492 valence electrons. The number of aliphatic carboxylic acids is 1. The van der Waals surface area contributed by atoms with Gasteiger partial charge >= 0.3 is 11.9 Å². The fraction of sp³-hybridized carbons (Fsp3) is 0.628. The molecule has 0 aliphatic heterocycles. The van der Waals surface area contributed by atoms with Crippen molar-refractivity contribution in [3.63, 3.8) is 0 Å². The predicted octanol–water partition coefficient (Wildman–Crippen LogP) is 20.4. The highest BCUT2D eigenvalue weighted by molar-refractivity contribution is 5.70. The lowest BCUT2D eigenvalue weighted by atomic mass is 10.0. The van der Waals surface area contributed by atoms with Gasteiger partial charge in [0.2, 0.25) is 0 Å². The van der Waals surface area contributed by atoms with Crippen LogP contribution in [0.1, 0.15) is 258 Å². The topological polar surface area (TPSA) is 111 Å². The zero-order valence-corrected chi connectivity index (χ0v) is 56.1. The summed E-state index contributed by atoms with van der Waals surface area (Å²) in [5, 5.41) is 11.8. The van der Waals surface area contributed by atoms with E-state index in [-0.39, 0.29) is 38.6 Å². The van der Waals surface area contributed by atoms with Crippen molar-refractivity contribution in [2.75, 3.05) is 47.5 Å². The van der Waals surface area contributed by atoms with Crippen LogP contribution in [0.25, 0.3) is 0 Å². The number of hydrogen-bond acceptors (Lipinski definition) is 8. The number of hydrogen-bond donors (Lipinski definition) is 0. The second-order valence-electron chi connectivity index (χ2n) is 23.7. The molecule has 9 nitrogen and oxygen atoms in total. The van der Waals surface area contributed by atoms with Gasteiger partial charge < -0.3 is 33.3 Å². The molecule has 0 heterocycles. The lowest BCUT2D eigenvalue weighted by Crippen LogP contribution is -2.44. The van der Waals surface area contributed by atoms with Crippen LogP contribution in [0.2, 0.25) is 0 Å². The first kappa shape index (κ1) is 81.9. The van der Waals surface area contributed by atoms with Gasteiger partial charge in [-0.05, 0) is 122 Å². The molecule has 0 spiro atoms. The van der Waals surface area contributed by atoms with E-state index in [1.165, 1.54) is 109 Å². The van der Waals surface area contributed by atoms with Crippen LogP contribution in [0.3, 0.4) is 0 Å². The number of ether oxygens (including phenoxy) is 4. The highest BCUT2D eigenvalue weighted by atomic mass is 16.7. The lowest BCUT2D eigenvalue weighted by molar-refractivity contribution is -0.870. The van der Waals surface area contributed by atoms with E-state index in [9.17, 15) is 19.5 Å². The molecule has 0 aromatic carbocycles. The van der Waals surface area contributed by atoms with E-state index >= 15 is 0 Å². The maximum atomic E-state index is 12.9. The third kappa shape index (κ3) is 68.3. The van der Waals surface area contributed by atoms with Crippen LogP contribution in [0.4, 0.5) is 0 Å². The fourth-order valence-electron chi connectivity index (χ4n) is 9.05. The number of carboxylic acids is 1. The number of unbranched alkanes of at least 4 members (excludes halogenated alkanes) is 21. The Hall–Kier alpha value is -5.09. The van der Waals surface area contributed by atoms with E-state index in [1.54, 1.807) is 0 Å². The molecule has 0 rings (SSSR count). The molecular formula is C78H127NO8. The van der Waals surface area contributed by atoms with Crippen molar-refractivity contribution in [1.29, 1.82) is 0 Å².